The maximum atomic E-state index is 5.97. The van der Waals surface area contributed by atoms with Crippen LogP contribution in [0.1, 0.15) is 18.1 Å². The lowest BCUT2D eigenvalue weighted by atomic mass is 10.2. The molecule has 3 rings (SSSR count). The standard InChI is InChI=1S/C23H34N6O/c1-18-6-5-7-21(14-18)30-19(2)15-26-23(24-3)27-17-20-8-9-22(25-16-20)29-12-10-28(4)11-13-29/h5-9,14,16,19H,10-13,15,17H2,1-4H3,(H2,24,26,27). The molecule has 1 fully saturated rings. The van der Waals surface area contributed by atoms with E-state index in [1.165, 1.54) is 5.56 Å². The van der Waals surface area contributed by atoms with E-state index >= 15 is 0 Å². The van der Waals surface area contributed by atoms with Gasteiger partial charge in [-0.2, -0.15) is 0 Å². The number of hydrogen-bond donors (Lipinski definition) is 2. The monoisotopic (exact) mass is 410 g/mol. The van der Waals surface area contributed by atoms with E-state index in [2.05, 4.69) is 62.6 Å². The molecule has 1 atom stereocenters. The number of rotatable bonds is 7. The molecule has 0 saturated carbocycles. The average Bonchev–Trinajstić information content (AvgIpc) is 2.75. The number of ether oxygens (including phenoxy) is 1. The number of nitrogens with zero attached hydrogens (tertiary/aromatic N) is 4. The third-order valence-corrected chi connectivity index (χ3v) is 5.20. The highest BCUT2D eigenvalue weighted by Gasteiger charge is 2.15. The van der Waals surface area contributed by atoms with Crippen LogP contribution in [0.3, 0.4) is 0 Å². The third-order valence-electron chi connectivity index (χ3n) is 5.20. The normalized spacial score (nSPS) is 16.3. The van der Waals surface area contributed by atoms with Crippen LogP contribution in [0.15, 0.2) is 47.6 Å². The molecule has 0 bridgehead atoms. The van der Waals surface area contributed by atoms with Crippen LogP contribution in [0.2, 0.25) is 0 Å². The van der Waals surface area contributed by atoms with Crippen LogP contribution in [0, 0.1) is 6.92 Å². The number of piperazine rings is 1. The fourth-order valence-electron chi connectivity index (χ4n) is 3.35. The summed E-state index contributed by atoms with van der Waals surface area (Å²) in [6.45, 7) is 9.66. The minimum Gasteiger partial charge on any atom is -0.489 e. The summed E-state index contributed by atoms with van der Waals surface area (Å²) < 4.78 is 5.97. The van der Waals surface area contributed by atoms with Crippen molar-refractivity contribution in [3.05, 3.63) is 53.7 Å². The Bertz CT molecular complexity index is 815. The van der Waals surface area contributed by atoms with E-state index in [4.69, 9.17) is 4.74 Å². The van der Waals surface area contributed by atoms with Gasteiger partial charge in [-0.05, 0) is 50.2 Å². The maximum absolute atomic E-state index is 5.97. The Morgan fingerprint density at radius 1 is 1.17 bits per heavy atom. The van der Waals surface area contributed by atoms with Crippen molar-refractivity contribution in [1.29, 1.82) is 0 Å². The van der Waals surface area contributed by atoms with Gasteiger partial charge >= 0.3 is 0 Å². The molecule has 1 aromatic carbocycles. The zero-order chi connectivity index (χ0) is 21.3. The lowest BCUT2D eigenvalue weighted by molar-refractivity contribution is 0.223. The van der Waals surface area contributed by atoms with Crippen molar-refractivity contribution in [3.8, 4) is 5.75 Å². The molecule has 0 radical (unpaired) electrons. The highest BCUT2D eigenvalue weighted by atomic mass is 16.5. The molecule has 1 aliphatic heterocycles. The van der Waals surface area contributed by atoms with Gasteiger partial charge in [-0.25, -0.2) is 4.98 Å². The van der Waals surface area contributed by atoms with E-state index in [0.717, 1.165) is 49.3 Å². The van der Waals surface area contributed by atoms with Crippen LogP contribution < -0.4 is 20.3 Å². The SMILES string of the molecule is CN=C(NCc1ccc(N2CCN(C)CC2)nc1)NCC(C)Oc1cccc(C)c1. The third kappa shape index (κ3) is 6.62. The van der Waals surface area contributed by atoms with Gasteiger partial charge in [0, 0.05) is 46.0 Å². The van der Waals surface area contributed by atoms with Gasteiger partial charge in [-0.1, -0.05) is 18.2 Å². The summed E-state index contributed by atoms with van der Waals surface area (Å²) in [5.74, 6) is 2.69. The molecular weight excluding hydrogens is 376 g/mol. The molecule has 162 valence electrons. The minimum absolute atomic E-state index is 0.0230. The molecule has 2 heterocycles. The van der Waals surface area contributed by atoms with Crippen molar-refractivity contribution in [1.82, 2.24) is 20.5 Å². The molecule has 2 aromatic rings. The molecule has 1 saturated heterocycles. The van der Waals surface area contributed by atoms with Crippen molar-refractivity contribution in [2.24, 2.45) is 4.99 Å². The van der Waals surface area contributed by atoms with E-state index in [1.54, 1.807) is 7.05 Å². The van der Waals surface area contributed by atoms with Gasteiger partial charge in [0.2, 0.25) is 0 Å². The lowest BCUT2D eigenvalue weighted by Crippen LogP contribution is -2.44. The highest BCUT2D eigenvalue weighted by molar-refractivity contribution is 5.79. The predicted molar refractivity (Wildman–Crippen MR) is 123 cm³/mol. The molecule has 7 nitrogen and oxygen atoms in total. The van der Waals surface area contributed by atoms with Crippen molar-refractivity contribution < 1.29 is 4.74 Å². The molecule has 2 N–H and O–H groups in total. The summed E-state index contributed by atoms with van der Waals surface area (Å²) in [6.07, 6.45) is 1.96. The number of likely N-dealkylation sites (N-methyl/N-ethyl adjacent to an activating group) is 1. The molecule has 1 unspecified atom stereocenters. The number of anilines is 1. The minimum atomic E-state index is 0.0230. The number of hydrogen-bond acceptors (Lipinski definition) is 5. The van der Waals surface area contributed by atoms with Crippen LogP contribution >= 0.6 is 0 Å². The molecule has 30 heavy (non-hydrogen) atoms. The number of pyridine rings is 1. The second-order valence-electron chi connectivity index (χ2n) is 7.87. The second kappa shape index (κ2) is 10.8. The van der Waals surface area contributed by atoms with Crippen LogP contribution in [0.25, 0.3) is 0 Å². The lowest BCUT2D eigenvalue weighted by Gasteiger charge is -2.33. The maximum Gasteiger partial charge on any atom is 0.191 e. The molecule has 0 aliphatic carbocycles. The number of benzene rings is 1. The predicted octanol–water partition coefficient (Wildman–Crippen LogP) is 2.27. The zero-order valence-corrected chi connectivity index (χ0v) is 18.6. The van der Waals surface area contributed by atoms with E-state index in [1.807, 2.05) is 31.3 Å². The largest absolute Gasteiger partial charge is 0.489 e. The highest BCUT2D eigenvalue weighted by Crippen LogP contribution is 2.14. The number of nitrogens with one attached hydrogen (secondary N) is 2. The quantitative estimate of drug-likeness (QED) is 0.539. The van der Waals surface area contributed by atoms with E-state index in [-0.39, 0.29) is 6.10 Å². The summed E-state index contributed by atoms with van der Waals surface area (Å²) in [5.41, 5.74) is 2.32. The summed E-state index contributed by atoms with van der Waals surface area (Å²) in [7, 11) is 3.94. The zero-order valence-electron chi connectivity index (χ0n) is 18.6. The fraction of sp³-hybridized carbons (Fsp3) is 0.478. The van der Waals surface area contributed by atoms with Gasteiger partial charge < -0.3 is 25.2 Å². The van der Waals surface area contributed by atoms with E-state index in [9.17, 15) is 0 Å². The number of aryl methyl sites for hydroxylation is 1. The van der Waals surface area contributed by atoms with Crippen molar-refractivity contribution in [2.75, 3.05) is 51.7 Å². The van der Waals surface area contributed by atoms with E-state index < -0.39 is 0 Å². The first-order chi connectivity index (χ1) is 14.5. The van der Waals surface area contributed by atoms with E-state index in [0.29, 0.717) is 13.1 Å². The first-order valence-electron chi connectivity index (χ1n) is 10.6. The molecule has 1 aromatic heterocycles. The van der Waals surface area contributed by atoms with Crippen LogP contribution in [0.5, 0.6) is 5.75 Å². The Hall–Kier alpha value is -2.80. The van der Waals surface area contributed by atoms with Crippen LogP contribution in [-0.4, -0.2) is 68.8 Å². The topological polar surface area (TPSA) is 65.0 Å². The van der Waals surface area contributed by atoms with Gasteiger partial charge in [0.15, 0.2) is 5.96 Å². The Kier molecular flexibility index (Phi) is 7.90. The molecule has 7 heteroatoms. The Balaban J connectivity index is 1.42. The Morgan fingerprint density at radius 3 is 2.63 bits per heavy atom. The first-order valence-corrected chi connectivity index (χ1v) is 10.6. The summed E-state index contributed by atoms with van der Waals surface area (Å²) in [4.78, 5) is 13.6. The molecule has 1 aliphatic rings. The van der Waals surface area contributed by atoms with Crippen molar-refractivity contribution >= 4 is 11.8 Å². The molecular formula is C23H34N6O. The van der Waals surface area contributed by atoms with Crippen molar-refractivity contribution in [2.45, 2.75) is 26.5 Å². The van der Waals surface area contributed by atoms with Crippen LogP contribution in [0.4, 0.5) is 5.82 Å². The smallest absolute Gasteiger partial charge is 0.191 e. The Morgan fingerprint density at radius 2 is 1.97 bits per heavy atom. The first kappa shape index (κ1) is 21.9. The average molecular weight is 411 g/mol. The second-order valence-corrected chi connectivity index (χ2v) is 7.87. The number of guanidine groups is 1. The number of aromatic nitrogens is 1. The summed E-state index contributed by atoms with van der Waals surface area (Å²) in [5, 5.41) is 6.66. The fourth-order valence-corrected chi connectivity index (χ4v) is 3.35. The van der Waals surface area contributed by atoms with Gasteiger partial charge in [0.1, 0.15) is 17.7 Å². The molecule has 0 amide bonds. The summed E-state index contributed by atoms with van der Waals surface area (Å²) >= 11 is 0. The Labute approximate surface area is 180 Å². The van der Waals surface area contributed by atoms with Crippen LogP contribution in [-0.2, 0) is 6.54 Å². The summed E-state index contributed by atoms with van der Waals surface area (Å²) in [6, 6.07) is 12.3. The number of aliphatic imine (C=N–C) groups is 1. The van der Waals surface area contributed by atoms with Gasteiger partial charge in [0.05, 0.1) is 6.54 Å². The van der Waals surface area contributed by atoms with Gasteiger partial charge in [-0.15, -0.1) is 0 Å². The van der Waals surface area contributed by atoms with Gasteiger partial charge in [0.25, 0.3) is 0 Å². The van der Waals surface area contributed by atoms with Crippen molar-refractivity contribution in [3.63, 3.8) is 0 Å². The molecule has 0 spiro atoms. The van der Waals surface area contributed by atoms with Gasteiger partial charge in [-0.3, -0.25) is 4.99 Å².